The number of benzene rings is 1. The molecule has 1 atom stereocenters. The van der Waals surface area contributed by atoms with Gasteiger partial charge in [0.2, 0.25) is 5.91 Å². The molecular formula is C12H16N2O2. The van der Waals surface area contributed by atoms with Crippen LogP contribution in [0.5, 0.6) is 5.75 Å². The molecule has 4 heteroatoms. The predicted molar refractivity (Wildman–Crippen MR) is 62.6 cm³/mol. The Balaban J connectivity index is 1.87. The maximum Gasteiger partial charge on any atom is 0.220 e. The summed E-state index contributed by atoms with van der Waals surface area (Å²) in [6.45, 7) is 0.763. The van der Waals surface area contributed by atoms with Gasteiger partial charge in [0.15, 0.2) is 0 Å². The minimum Gasteiger partial charge on any atom is -0.497 e. The van der Waals surface area contributed by atoms with Gasteiger partial charge in [-0.2, -0.15) is 0 Å². The third-order valence-corrected chi connectivity index (χ3v) is 2.71. The van der Waals surface area contributed by atoms with Crippen molar-refractivity contribution in [1.29, 1.82) is 0 Å². The number of anilines is 1. The molecule has 0 aromatic heterocycles. The molecule has 0 unspecified atom stereocenters. The molecule has 0 saturated carbocycles. The minimum absolute atomic E-state index is 0.150. The van der Waals surface area contributed by atoms with E-state index >= 15 is 0 Å². The molecule has 86 valence electrons. The van der Waals surface area contributed by atoms with Crippen molar-refractivity contribution in [2.45, 2.75) is 18.9 Å². The van der Waals surface area contributed by atoms with Crippen LogP contribution in [0.2, 0.25) is 0 Å². The third-order valence-electron chi connectivity index (χ3n) is 2.71. The molecule has 1 aromatic carbocycles. The van der Waals surface area contributed by atoms with Gasteiger partial charge in [0.25, 0.3) is 0 Å². The normalized spacial score (nSPS) is 19.3. The van der Waals surface area contributed by atoms with Crippen LogP contribution in [0.15, 0.2) is 24.3 Å². The first-order valence-corrected chi connectivity index (χ1v) is 5.45. The summed E-state index contributed by atoms with van der Waals surface area (Å²) >= 11 is 0. The Labute approximate surface area is 95.0 Å². The van der Waals surface area contributed by atoms with Crippen LogP contribution in [0, 0.1) is 0 Å². The van der Waals surface area contributed by atoms with E-state index in [-0.39, 0.29) is 11.9 Å². The van der Waals surface area contributed by atoms with Gasteiger partial charge in [0.05, 0.1) is 7.11 Å². The van der Waals surface area contributed by atoms with E-state index in [1.165, 1.54) is 0 Å². The van der Waals surface area contributed by atoms with Gasteiger partial charge in [-0.25, -0.2) is 0 Å². The zero-order valence-corrected chi connectivity index (χ0v) is 9.32. The first-order valence-electron chi connectivity index (χ1n) is 5.45. The summed E-state index contributed by atoms with van der Waals surface area (Å²) < 4.78 is 5.13. The van der Waals surface area contributed by atoms with Gasteiger partial charge >= 0.3 is 0 Å². The highest BCUT2D eigenvalue weighted by atomic mass is 16.5. The fraction of sp³-hybridized carbons (Fsp3) is 0.417. The van der Waals surface area contributed by atoms with Gasteiger partial charge < -0.3 is 15.4 Å². The molecule has 1 aliphatic rings. The molecule has 4 nitrogen and oxygen atoms in total. The zero-order chi connectivity index (χ0) is 11.4. The van der Waals surface area contributed by atoms with E-state index < -0.39 is 0 Å². The lowest BCUT2D eigenvalue weighted by atomic mass is 10.2. The molecule has 0 bridgehead atoms. The zero-order valence-electron chi connectivity index (χ0n) is 9.32. The van der Waals surface area contributed by atoms with Gasteiger partial charge in [0.1, 0.15) is 5.75 Å². The summed E-state index contributed by atoms with van der Waals surface area (Å²) in [5.41, 5.74) is 1.01. The summed E-state index contributed by atoms with van der Waals surface area (Å²) in [6, 6.07) is 8.02. The highest BCUT2D eigenvalue weighted by Gasteiger charge is 2.19. The number of hydrogen-bond acceptors (Lipinski definition) is 3. The van der Waals surface area contributed by atoms with Crippen molar-refractivity contribution < 1.29 is 9.53 Å². The Morgan fingerprint density at radius 3 is 3.12 bits per heavy atom. The van der Waals surface area contributed by atoms with E-state index in [2.05, 4.69) is 10.6 Å². The first-order chi connectivity index (χ1) is 7.78. The van der Waals surface area contributed by atoms with Gasteiger partial charge in [0, 0.05) is 30.8 Å². The number of methoxy groups -OCH3 is 1. The fourth-order valence-corrected chi connectivity index (χ4v) is 1.80. The van der Waals surface area contributed by atoms with Crippen molar-refractivity contribution in [2.75, 3.05) is 19.0 Å². The molecule has 1 aromatic rings. The number of carbonyl (C=O) groups excluding carboxylic acids is 1. The molecule has 0 spiro atoms. The Morgan fingerprint density at radius 2 is 2.44 bits per heavy atom. The second-order valence-electron chi connectivity index (χ2n) is 3.92. The van der Waals surface area contributed by atoms with Gasteiger partial charge in [-0.15, -0.1) is 0 Å². The highest BCUT2D eigenvalue weighted by molar-refractivity contribution is 5.78. The molecule has 2 N–H and O–H groups in total. The van der Waals surface area contributed by atoms with Gasteiger partial charge in [-0.3, -0.25) is 4.79 Å². The largest absolute Gasteiger partial charge is 0.497 e. The Morgan fingerprint density at radius 1 is 1.56 bits per heavy atom. The van der Waals surface area contributed by atoms with E-state index in [1.54, 1.807) is 7.11 Å². The van der Waals surface area contributed by atoms with Crippen molar-refractivity contribution in [3.8, 4) is 5.75 Å². The average Bonchev–Trinajstić information content (AvgIpc) is 2.73. The van der Waals surface area contributed by atoms with Crippen molar-refractivity contribution in [2.24, 2.45) is 0 Å². The number of nitrogens with one attached hydrogen (secondary N) is 2. The third kappa shape index (κ3) is 2.66. The highest BCUT2D eigenvalue weighted by Crippen LogP contribution is 2.17. The Bertz CT molecular complexity index is 379. The van der Waals surface area contributed by atoms with Crippen LogP contribution in [-0.4, -0.2) is 25.6 Å². The minimum atomic E-state index is 0.150. The molecular weight excluding hydrogens is 204 g/mol. The molecule has 0 aliphatic carbocycles. The molecule has 1 heterocycles. The quantitative estimate of drug-likeness (QED) is 0.806. The molecule has 16 heavy (non-hydrogen) atoms. The second-order valence-corrected chi connectivity index (χ2v) is 3.92. The van der Waals surface area contributed by atoms with Crippen LogP contribution < -0.4 is 15.4 Å². The standard InChI is InChI=1S/C12H16N2O2/c1-16-11-4-2-3-9(7-11)13-8-10-5-6-12(15)14-10/h2-4,7,10,13H,5-6,8H2,1H3,(H,14,15)/t10-/m0/s1. The molecule has 1 saturated heterocycles. The summed E-state index contributed by atoms with van der Waals surface area (Å²) in [6.07, 6.45) is 1.56. The summed E-state index contributed by atoms with van der Waals surface area (Å²) in [5.74, 6) is 0.984. The van der Waals surface area contributed by atoms with E-state index in [0.717, 1.165) is 24.4 Å². The maximum atomic E-state index is 11.0. The van der Waals surface area contributed by atoms with Crippen LogP contribution >= 0.6 is 0 Å². The van der Waals surface area contributed by atoms with Crippen LogP contribution in [0.4, 0.5) is 5.69 Å². The molecule has 1 aliphatic heterocycles. The van der Waals surface area contributed by atoms with Crippen molar-refractivity contribution in [3.05, 3.63) is 24.3 Å². The van der Waals surface area contributed by atoms with E-state index in [4.69, 9.17) is 4.74 Å². The number of amides is 1. The predicted octanol–water partition coefficient (Wildman–Crippen LogP) is 1.39. The number of rotatable bonds is 4. The molecule has 1 amide bonds. The van der Waals surface area contributed by atoms with E-state index in [9.17, 15) is 4.79 Å². The van der Waals surface area contributed by atoms with Gasteiger partial charge in [-0.05, 0) is 18.6 Å². The summed E-state index contributed by atoms with van der Waals surface area (Å²) in [5, 5.41) is 6.21. The lowest BCUT2D eigenvalue weighted by Crippen LogP contribution is -2.31. The SMILES string of the molecule is COc1cccc(NC[C@@H]2CCC(=O)N2)c1. The molecule has 1 fully saturated rings. The van der Waals surface area contributed by atoms with Crippen LogP contribution in [0.1, 0.15) is 12.8 Å². The Hall–Kier alpha value is -1.71. The second kappa shape index (κ2) is 4.88. The summed E-state index contributed by atoms with van der Waals surface area (Å²) in [4.78, 5) is 11.0. The monoisotopic (exact) mass is 220 g/mol. The average molecular weight is 220 g/mol. The molecule has 0 radical (unpaired) electrons. The van der Waals surface area contributed by atoms with Crippen molar-refractivity contribution in [3.63, 3.8) is 0 Å². The lowest BCUT2D eigenvalue weighted by Gasteiger charge is -2.12. The van der Waals surface area contributed by atoms with Gasteiger partial charge in [-0.1, -0.05) is 6.07 Å². The topological polar surface area (TPSA) is 50.4 Å². The smallest absolute Gasteiger partial charge is 0.220 e. The van der Waals surface area contributed by atoms with Crippen molar-refractivity contribution >= 4 is 11.6 Å². The summed E-state index contributed by atoms with van der Waals surface area (Å²) in [7, 11) is 1.65. The first kappa shape index (κ1) is 10.8. The van der Waals surface area contributed by atoms with E-state index in [1.807, 2.05) is 24.3 Å². The fourth-order valence-electron chi connectivity index (χ4n) is 1.80. The Kier molecular flexibility index (Phi) is 3.29. The number of carbonyl (C=O) groups is 1. The lowest BCUT2D eigenvalue weighted by molar-refractivity contribution is -0.119. The van der Waals surface area contributed by atoms with Crippen LogP contribution in [-0.2, 0) is 4.79 Å². The molecule has 2 rings (SSSR count). The maximum absolute atomic E-state index is 11.0. The van der Waals surface area contributed by atoms with Crippen LogP contribution in [0.3, 0.4) is 0 Å². The number of hydrogen-bond donors (Lipinski definition) is 2. The van der Waals surface area contributed by atoms with E-state index in [0.29, 0.717) is 6.42 Å². The number of ether oxygens (including phenoxy) is 1. The van der Waals surface area contributed by atoms with Crippen LogP contribution in [0.25, 0.3) is 0 Å². The van der Waals surface area contributed by atoms with Crippen molar-refractivity contribution in [1.82, 2.24) is 5.32 Å².